The molecule has 1 heteroatoms. The Morgan fingerprint density at radius 1 is 0.679 bits per heavy atom. The summed E-state index contributed by atoms with van der Waals surface area (Å²) < 4.78 is 5.33. The molecule has 135 valence electrons. The molecule has 0 aliphatic carbocycles. The van der Waals surface area contributed by atoms with Crippen molar-refractivity contribution < 1.29 is 4.74 Å². The highest BCUT2D eigenvalue weighted by Gasteiger charge is 2.11. The van der Waals surface area contributed by atoms with Gasteiger partial charge in [-0.05, 0) is 51.6 Å². The second kappa shape index (κ2) is 8.41. The van der Waals surface area contributed by atoms with Gasteiger partial charge in [0, 0.05) is 0 Å². The van der Waals surface area contributed by atoms with E-state index < -0.39 is 0 Å². The first kappa shape index (κ1) is 17.8. The summed E-state index contributed by atoms with van der Waals surface area (Å²) in [5.74, 6) is 0.853. The molecule has 0 aromatic heterocycles. The molecule has 0 amide bonds. The molecule has 4 rings (SSSR count). The Hall–Kier alpha value is -3.58. The summed E-state index contributed by atoms with van der Waals surface area (Å²) in [5, 5.41) is 0. The molecule has 0 atom stereocenters. The third-order valence-corrected chi connectivity index (χ3v) is 4.73. The molecule has 0 spiro atoms. The average molecular weight is 361 g/mol. The molecular weight excluding hydrogens is 340 g/mol. The standard InChI is InChI=1S/C27H21O/c1-28-25-19-17-24(18-20-25)27-23(16-15-21-9-4-2-5-10-21)13-8-14-26(27)22-11-6-3-7-12-22/h2-13,15-20H,1H3. The lowest BCUT2D eigenvalue weighted by molar-refractivity contribution is 0.415. The highest BCUT2D eigenvalue weighted by Crippen LogP contribution is 2.36. The van der Waals surface area contributed by atoms with E-state index in [-0.39, 0.29) is 0 Å². The van der Waals surface area contributed by atoms with E-state index in [9.17, 15) is 0 Å². The fraction of sp³-hybridized carbons (Fsp3) is 0.0370. The Morgan fingerprint density at radius 3 is 2.04 bits per heavy atom. The van der Waals surface area contributed by atoms with Crippen LogP contribution in [0.1, 0.15) is 11.1 Å². The van der Waals surface area contributed by atoms with E-state index in [0.717, 1.165) is 28.0 Å². The van der Waals surface area contributed by atoms with Crippen LogP contribution in [0.5, 0.6) is 5.75 Å². The number of methoxy groups -OCH3 is 1. The summed E-state index contributed by atoms with van der Waals surface area (Å²) in [4.78, 5) is 0. The number of hydrogen-bond donors (Lipinski definition) is 0. The van der Waals surface area contributed by atoms with Crippen molar-refractivity contribution in [1.29, 1.82) is 0 Å². The van der Waals surface area contributed by atoms with Gasteiger partial charge < -0.3 is 4.74 Å². The molecule has 0 saturated heterocycles. The molecule has 4 aromatic rings. The zero-order valence-corrected chi connectivity index (χ0v) is 15.8. The van der Waals surface area contributed by atoms with Crippen LogP contribution in [0, 0.1) is 6.07 Å². The normalized spacial score (nSPS) is 10.9. The van der Waals surface area contributed by atoms with Crippen LogP contribution in [-0.2, 0) is 0 Å². The quantitative estimate of drug-likeness (QED) is 0.348. The van der Waals surface area contributed by atoms with E-state index in [2.05, 4.69) is 84.9 Å². The molecule has 0 saturated carbocycles. The van der Waals surface area contributed by atoms with Crippen LogP contribution in [0.2, 0.25) is 0 Å². The van der Waals surface area contributed by atoms with Crippen molar-refractivity contribution in [1.82, 2.24) is 0 Å². The molecule has 0 fully saturated rings. The minimum absolute atomic E-state index is 0.853. The van der Waals surface area contributed by atoms with Crippen LogP contribution in [0.4, 0.5) is 0 Å². The molecule has 4 aromatic carbocycles. The summed E-state index contributed by atoms with van der Waals surface area (Å²) in [5.41, 5.74) is 6.90. The lowest BCUT2D eigenvalue weighted by Crippen LogP contribution is -1.90. The van der Waals surface area contributed by atoms with Crippen LogP contribution in [-0.4, -0.2) is 7.11 Å². The van der Waals surface area contributed by atoms with Gasteiger partial charge in [-0.25, -0.2) is 0 Å². The lowest BCUT2D eigenvalue weighted by Gasteiger charge is -2.14. The summed E-state index contributed by atoms with van der Waals surface area (Å²) in [7, 11) is 1.69. The fourth-order valence-corrected chi connectivity index (χ4v) is 3.30. The van der Waals surface area contributed by atoms with Gasteiger partial charge in [0.05, 0.1) is 7.11 Å². The zero-order valence-electron chi connectivity index (χ0n) is 15.8. The van der Waals surface area contributed by atoms with Crippen LogP contribution < -0.4 is 4.74 Å². The van der Waals surface area contributed by atoms with Crippen LogP contribution in [0.15, 0.2) is 97.1 Å². The molecule has 0 N–H and O–H groups in total. The number of rotatable bonds is 5. The monoisotopic (exact) mass is 361 g/mol. The van der Waals surface area contributed by atoms with Crippen molar-refractivity contribution >= 4 is 12.2 Å². The van der Waals surface area contributed by atoms with E-state index in [4.69, 9.17) is 4.74 Å². The van der Waals surface area contributed by atoms with Gasteiger partial charge in [0.25, 0.3) is 0 Å². The summed E-state index contributed by atoms with van der Waals surface area (Å²) in [6.07, 6.45) is 4.33. The Kier molecular flexibility index (Phi) is 5.35. The zero-order chi connectivity index (χ0) is 19.2. The molecule has 0 unspecified atom stereocenters. The second-order valence-corrected chi connectivity index (χ2v) is 6.52. The fourth-order valence-electron chi connectivity index (χ4n) is 3.30. The molecule has 1 nitrogen and oxygen atoms in total. The first-order valence-corrected chi connectivity index (χ1v) is 9.33. The van der Waals surface area contributed by atoms with Crippen molar-refractivity contribution in [3.8, 4) is 28.0 Å². The maximum absolute atomic E-state index is 5.33. The van der Waals surface area contributed by atoms with E-state index >= 15 is 0 Å². The van der Waals surface area contributed by atoms with Crippen molar-refractivity contribution in [2.45, 2.75) is 0 Å². The molecule has 0 heterocycles. The van der Waals surface area contributed by atoms with Gasteiger partial charge in [-0.15, -0.1) is 0 Å². The number of benzene rings is 4. The molecule has 1 radical (unpaired) electrons. The Labute approximate surface area is 166 Å². The third kappa shape index (κ3) is 3.89. The molecule has 0 aliphatic heterocycles. The molecule has 0 aliphatic rings. The largest absolute Gasteiger partial charge is 0.497 e. The second-order valence-electron chi connectivity index (χ2n) is 6.52. The minimum Gasteiger partial charge on any atom is -0.497 e. The topological polar surface area (TPSA) is 9.23 Å². The summed E-state index contributed by atoms with van der Waals surface area (Å²) in [6, 6.07) is 36.6. The van der Waals surface area contributed by atoms with Gasteiger partial charge in [0.2, 0.25) is 0 Å². The van der Waals surface area contributed by atoms with Crippen molar-refractivity contribution in [3.05, 3.63) is 114 Å². The van der Waals surface area contributed by atoms with E-state index in [1.54, 1.807) is 7.11 Å². The van der Waals surface area contributed by atoms with Crippen molar-refractivity contribution in [2.24, 2.45) is 0 Å². The smallest absolute Gasteiger partial charge is 0.118 e. The van der Waals surface area contributed by atoms with E-state index in [1.165, 1.54) is 11.1 Å². The third-order valence-electron chi connectivity index (χ3n) is 4.73. The predicted molar refractivity (Wildman–Crippen MR) is 118 cm³/mol. The molecule has 28 heavy (non-hydrogen) atoms. The van der Waals surface area contributed by atoms with Crippen molar-refractivity contribution in [2.75, 3.05) is 7.11 Å². The summed E-state index contributed by atoms with van der Waals surface area (Å²) >= 11 is 0. The predicted octanol–water partition coefficient (Wildman–Crippen LogP) is 7.00. The Morgan fingerprint density at radius 2 is 1.36 bits per heavy atom. The van der Waals surface area contributed by atoms with Crippen LogP contribution >= 0.6 is 0 Å². The van der Waals surface area contributed by atoms with Crippen LogP contribution in [0.3, 0.4) is 0 Å². The minimum atomic E-state index is 0.853. The van der Waals surface area contributed by atoms with Gasteiger partial charge in [0.1, 0.15) is 5.75 Å². The van der Waals surface area contributed by atoms with E-state index in [1.807, 2.05) is 30.3 Å². The molecule has 0 bridgehead atoms. The van der Waals surface area contributed by atoms with Gasteiger partial charge >= 0.3 is 0 Å². The van der Waals surface area contributed by atoms with Crippen molar-refractivity contribution in [3.63, 3.8) is 0 Å². The first-order chi connectivity index (χ1) is 13.8. The summed E-state index contributed by atoms with van der Waals surface area (Å²) in [6.45, 7) is 0. The van der Waals surface area contributed by atoms with Gasteiger partial charge in [-0.1, -0.05) is 97.1 Å². The van der Waals surface area contributed by atoms with Crippen LogP contribution in [0.25, 0.3) is 34.4 Å². The average Bonchev–Trinajstić information content (AvgIpc) is 2.79. The maximum Gasteiger partial charge on any atom is 0.118 e. The Balaban J connectivity index is 1.86. The highest BCUT2D eigenvalue weighted by atomic mass is 16.5. The highest BCUT2D eigenvalue weighted by molar-refractivity contribution is 5.91. The number of hydrogen-bond acceptors (Lipinski definition) is 1. The van der Waals surface area contributed by atoms with Gasteiger partial charge in [0.15, 0.2) is 0 Å². The van der Waals surface area contributed by atoms with Gasteiger partial charge in [-0.2, -0.15) is 0 Å². The maximum atomic E-state index is 5.33. The SMILES string of the molecule is COc1ccc(-c2c(-c3ccccc3)[c]ccc2C=Cc2ccccc2)cc1. The first-order valence-electron chi connectivity index (χ1n) is 9.33. The van der Waals surface area contributed by atoms with Gasteiger partial charge in [-0.3, -0.25) is 0 Å². The Bertz CT molecular complexity index is 1060. The number of ether oxygens (including phenoxy) is 1. The molecular formula is C27H21O. The lowest BCUT2D eigenvalue weighted by atomic mass is 9.90. The van der Waals surface area contributed by atoms with E-state index in [0.29, 0.717) is 0 Å².